The van der Waals surface area contributed by atoms with E-state index in [1.807, 2.05) is 11.5 Å². The predicted molar refractivity (Wildman–Crippen MR) is 107 cm³/mol. The normalized spacial score (nSPS) is 17.2. The maximum absolute atomic E-state index is 12.5. The minimum atomic E-state index is -0.137. The van der Waals surface area contributed by atoms with Crippen molar-refractivity contribution in [2.24, 2.45) is 0 Å². The van der Waals surface area contributed by atoms with Crippen LogP contribution in [0.2, 0.25) is 0 Å². The molecule has 9 heteroatoms. The number of hydrogen-bond donors (Lipinski definition) is 2. The Hall–Kier alpha value is -1.89. The SMILES string of the molecule is CCn1cnnc1SCC(=O)Nc1sc2c(c1C#N)CC(C)(C)[NH2+]C2(C)C. The van der Waals surface area contributed by atoms with Crippen molar-refractivity contribution in [2.75, 3.05) is 11.1 Å². The van der Waals surface area contributed by atoms with Crippen molar-refractivity contribution in [1.29, 1.82) is 5.26 Å². The molecule has 0 radical (unpaired) electrons. The summed E-state index contributed by atoms with van der Waals surface area (Å²) >= 11 is 2.87. The average Bonchev–Trinajstić information content (AvgIpc) is 3.15. The molecule has 2 aromatic heterocycles. The van der Waals surface area contributed by atoms with Gasteiger partial charge in [0.15, 0.2) is 5.16 Å². The van der Waals surface area contributed by atoms with Crippen LogP contribution in [0.15, 0.2) is 11.5 Å². The maximum atomic E-state index is 12.5. The van der Waals surface area contributed by atoms with E-state index in [2.05, 4.69) is 54.6 Å². The van der Waals surface area contributed by atoms with E-state index < -0.39 is 0 Å². The first kappa shape index (κ1) is 19.9. The van der Waals surface area contributed by atoms with Gasteiger partial charge in [-0.3, -0.25) is 4.79 Å². The number of carbonyl (C=O) groups excluding carboxylic acids is 1. The van der Waals surface area contributed by atoms with E-state index in [9.17, 15) is 10.1 Å². The van der Waals surface area contributed by atoms with Gasteiger partial charge < -0.3 is 15.2 Å². The van der Waals surface area contributed by atoms with Crippen molar-refractivity contribution in [1.82, 2.24) is 14.8 Å². The Bertz CT molecular complexity index is 906. The van der Waals surface area contributed by atoms with Crippen molar-refractivity contribution in [3.05, 3.63) is 22.3 Å². The minimum absolute atomic E-state index is 0.0184. The first-order chi connectivity index (χ1) is 12.7. The molecule has 27 heavy (non-hydrogen) atoms. The van der Waals surface area contributed by atoms with Gasteiger partial charge in [-0.25, -0.2) is 0 Å². The molecule has 1 amide bonds. The third kappa shape index (κ3) is 4.03. The largest absolute Gasteiger partial charge is 0.333 e. The Labute approximate surface area is 167 Å². The highest BCUT2D eigenvalue weighted by molar-refractivity contribution is 7.99. The molecule has 0 atom stereocenters. The van der Waals surface area contributed by atoms with Crippen molar-refractivity contribution >= 4 is 34.0 Å². The monoisotopic (exact) mass is 405 g/mol. The molecule has 0 unspecified atom stereocenters. The number of aryl methyl sites for hydroxylation is 1. The van der Waals surface area contributed by atoms with E-state index in [0.717, 1.165) is 23.7 Å². The highest BCUT2D eigenvalue weighted by Gasteiger charge is 2.44. The molecule has 1 aliphatic rings. The third-order valence-electron chi connectivity index (χ3n) is 4.59. The molecule has 0 aromatic carbocycles. The molecule has 0 saturated carbocycles. The summed E-state index contributed by atoms with van der Waals surface area (Å²) in [5.74, 6) is 0.0921. The number of nitrogens with zero attached hydrogens (tertiary/aromatic N) is 4. The van der Waals surface area contributed by atoms with E-state index in [1.54, 1.807) is 6.33 Å². The van der Waals surface area contributed by atoms with Crippen molar-refractivity contribution in [3.63, 3.8) is 0 Å². The first-order valence-corrected chi connectivity index (χ1v) is 10.7. The summed E-state index contributed by atoms with van der Waals surface area (Å²) in [5.41, 5.74) is 1.58. The van der Waals surface area contributed by atoms with Gasteiger partial charge >= 0.3 is 0 Å². The molecule has 2 aromatic rings. The number of rotatable bonds is 5. The van der Waals surface area contributed by atoms with Crippen molar-refractivity contribution in [3.8, 4) is 6.07 Å². The molecule has 0 bridgehead atoms. The van der Waals surface area contributed by atoms with Crippen LogP contribution in [0.5, 0.6) is 0 Å². The molecule has 0 saturated heterocycles. The molecule has 1 aliphatic heterocycles. The number of amides is 1. The predicted octanol–water partition coefficient (Wildman–Crippen LogP) is 2.10. The molecule has 0 spiro atoms. The lowest BCUT2D eigenvalue weighted by molar-refractivity contribution is -0.789. The van der Waals surface area contributed by atoms with Gasteiger partial charge in [-0.15, -0.1) is 21.5 Å². The van der Waals surface area contributed by atoms with E-state index in [1.165, 1.54) is 28.0 Å². The number of fused-ring (bicyclic) bond motifs is 1. The topological polar surface area (TPSA) is 100 Å². The molecule has 7 nitrogen and oxygen atoms in total. The lowest BCUT2D eigenvalue weighted by Crippen LogP contribution is -3.03. The molecule has 144 valence electrons. The van der Waals surface area contributed by atoms with Crippen LogP contribution >= 0.6 is 23.1 Å². The smallest absolute Gasteiger partial charge is 0.235 e. The maximum Gasteiger partial charge on any atom is 0.235 e. The number of nitriles is 1. The summed E-state index contributed by atoms with van der Waals surface area (Å²) in [6.45, 7) is 11.5. The van der Waals surface area contributed by atoms with Crippen LogP contribution in [-0.4, -0.2) is 32.0 Å². The molecular weight excluding hydrogens is 380 g/mol. The highest BCUT2D eigenvalue weighted by atomic mass is 32.2. The number of hydrogen-bond acceptors (Lipinski definition) is 6. The van der Waals surface area contributed by atoms with Gasteiger partial charge in [0, 0.05) is 13.0 Å². The van der Waals surface area contributed by atoms with Gasteiger partial charge in [-0.05, 0) is 40.2 Å². The van der Waals surface area contributed by atoms with Gasteiger partial charge in [-0.2, -0.15) is 5.26 Å². The van der Waals surface area contributed by atoms with Gasteiger partial charge in [-0.1, -0.05) is 11.8 Å². The second kappa shape index (κ2) is 7.26. The minimum Gasteiger partial charge on any atom is -0.333 e. The zero-order chi connectivity index (χ0) is 19.8. The zero-order valence-corrected chi connectivity index (χ0v) is 17.9. The molecule has 0 aliphatic carbocycles. The van der Waals surface area contributed by atoms with Gasteiger partial charge in [0.05, 0.1) is 21.7 Å². The second-order valence-corrected chi connectivity index (χ2v) is 9.96. The Morgan fingerprint density at radius 3 is 2.89 bits per heavy atom. The van der Waals surface area contributed by atoms with Crippen LogP contribution in [0.3, 0.4) is 0 Å². The molecule has 0 fully saturated rings. The lowest BCUT2D eigenvalue weighted by Gasteiger charge is -2.38. The summed E-state index contributed by atoms with van der Waals surface area (Å²) in [7, 11) is 0. The Morgan fingerprint density at radius 1 is 1.48 bits per heavy atom. The highest BCUT2D eigenvalue weighted by Crippen LogP contribution is 2.41. The zero-order valence-electron chi connectivity index (χ0n) is 16.3. The number of anilines is 1. The number of thioether (sulfide) groups is 1. The van der Waals surface area contributed by atoms with E-state index in [-0.39, 0.29) is 22.7 Å². The second-order valence-electron chi connectivity index (χ2n) is 7.99. The van der Waals surface area contributed by atoms with Gasteiger partial charge in [0.2, 0.25) is 5.91 Å². The standard InChI is InChI=1S/C18H24N6OS2/c1-6-24-10-20-22-16(24)26-9-13(25)21-15-12(8-19)11-7-17(2,3)23-18(4,5)14(11)27-15/h10,23H,6-7,9H2,1-5H3,(H,21,25)/p+1. The Balaban J connectivity index is 1.79. The fourth-order valence-electron chi connectivity index (χ4n) is 3.78. The number of thiophene rings is 1. The number of quaternary nitrogens is 1. The third-order valence-corrected chi connectivity index (χ3v) is 7.06. The van der Waals surface area contributed by atoms with E-state index in [0.29, 0.717) is 10.6 Å². The Morgan fingerprint density at radius 2 is 2.22 bits per heavy atom. The number of aromatic nitrogens is 3. The number of carbonyl (C=O) groups is 1. The van der Waals surface area contributed by atoms with Crippen LogP contribution in [0.1, 0.15) is 50.6 Å². The van der Waals surface area contributed by atoms with Crippen molar-refractivity contribution in [2.45, 2.75) is 63.8 Å². The van der Waals surface area contributed by atoms with E-state index in [4.69, 9.17) is 0 Å². The van der Waals surface area contributed by atoms with Crippen LogP contribution in [0.4, 0.5) is 5.00 Å². The lowest BCUT2D eigenvalue weighted by atomic mass is 9.81. The van der Waals surface area contributed by atoms with Crippen LogP contribution in [0.25, 0.3) is 0 Å². The quantitative estimate of drug-likeness (QED) is 0.742. The van der Waals surface area contributed by atoms with E-state index >= 15 is 0 Å². The Kier molecular flexibility index (Phi) is 5.34. The first-order valence-electron chi connectivity index (χ1n) is 8.90. The van der Waals surface area contributed by atoms with Gasteiger partial charge in [0.25, 0.3) is 0 Å². The molecular formula is C18H25N6OS2+. The fourth-order valence-corrected chi connectivity index (χ4v) is 5.81. The molecule has 3 heterocycles. The number of nitrogens with one attached hydrogen (secondary N) is 1. The van der Waals surface area contributed by atoms with Gasteiger partial charge in [0.1, 0.15) is 22.9 Å². The van der Waals surface area contributed by atoms with Crippen LogP contribution < -0.4 is 10.6 Å². The summed E-state index contributed by atoms with van der Waals surface area (Å²) in [4.78, 5) is 13.7. The summed E-state index contributed by atoms with van der Waals surface area (Å²) < 4.78 is 1.89. The summed E-state index contributed by atoms with van der Waals surface area (Å²) in [6.07, 6.45) is 2.47. The molecule has 3 rings (SSSR count). The van der Waals surface area contributed by atoms with Crippen LogP contribution in [0, 0.1) is 11.3 Å². The summed E-state index contributed by atoms with van der Waals surface area (Å²) in [5, 5.41) is 24.3. The molecule has 3 N–H and O–H groups in total. The number of nitrogens with two attached hydrogens (primary N) is 1. The van der Waals surface area contributed by atoms with Crippen LogP contribution in [-0.2, 0) is 23.3 Å². The summed E-state index contributed by atoms with van der Waals surface area (Å²) in [6, 6.07) is 2.32. The average molecular weight is 406 g/mol. The fraction of sp³-hybridized carbons (Fsp3) is 0.556. The van der Waals surface area contributed by atoms with Crippen molar-refractivity contribution < 1.29 is 10.1 Å².